The Morgan fingerprint density at radius 3 is 2.47 bits per heavy atom. The van der Waals surface area contributed by atoms with Crippen LogP contribution in [0.5, 0.6) is 11.5 Å². The number of amides is 1. The van der Waals surface area contributed by atoms with Gasteiger partial charge in [-0.3, -0.25) is 9.78 Å². The van der Waals surface area contributed by atoms with Crippen molar-refractivity contribution in [3.05, 3.63) is 107 Å². The summed E-state index contributed by atoms with van der Waals surface area (Å²) >= 11 is 6.17. The van der Waals surface area contributed by atoms with Crippen molar-refractivity contribution in [1.29, 1.82) is 0 Å². The van der Waals surface area contributed by atoms with E-state index in [1.165, 1.54) is 12.1 Å². The number of pyridine rings is 1. The average molecular weight is 445 g/mol. The quantitative estimate of drug-likeness (QED) is 0.397. The molecule has 160 valence electrons. The number of benzene rings is 3. The molecule has 0 spiro atoms. The lowest BCUT2D eigenvalue weighted by molar-refractivity contribution is 0.0982. The Labute approximate surface area is 191 Å². The molecule has 0 aliphatic carbocycles. The minimum Gasteiger partial charge on any atom is -0.508 e. The largest absolute Gasteiger partial charge is 0.508 e. The van der Waals surface area contributed by atoms with E-state index in [4.69, 9.17) is 11.6 Å². The van der Waals surface area contributed by atoms with Crippen LogP contribution in [-0.2, 0) is 6.54 Å². The first-order valence-electron chi connectivity index (χ1n) is 10.0. The number of hydrogen-bond donors (Lipinski definition) is 2. The van der Waals surface area contributed by atoms with Gasteiger partial charge in [-0.05, 0) is 71.6 Å². The van der Waals surface area contributed by atoms with Crippen molar-refractivity contribution in [2.75, 3.05) is 4.90 Å². The number of halogens is 1. The van der Waals surface area contributed by atoms with Crippen molar-refractivity contribution in [2.24, 2.45) is 0 Å². The summed E-state index contributed by atoms with van der Waals surface area (Å²) in [5.41, 5.74) is 4.70. The second-order valence-corrected chi connectivity index (χ2v) is 7.90. The van der Waals surface area contributed by atoms with Gasteiger partial charge in [-0.25, -0.2) is 0 Å². The lowest BCUT2D eigenvalue weighted by atomic mass is 10.00. The normalized spacial score (nSPS) is 10.7. The fourth-order valence-electron chi connectivity index (χ4n) is 3.53. The molecule has 0 aliphatic rings. The molecule has 1 amide bonds. The molecule has 32 heavy (non-hydrogen) atoms. The lowest BCUT2D eigenvalue weighted by Crippen LogP contribution is -2.30. The van der Waals surface area contributed by atoms with Crippen LogP contribution in [0.1, 0.15) is 21.5 Å². The maximum absolute atomic E-state index is 13.4. The first-order chi connectivity index (χ1) is 15.4. The predicted octanol–water partition coefficient (Wildman–Crippen LogP) is 5.97. The second kappa shape index (κ2) is 9.12. The van der Waals surface area contributed by atoms with Gasteiger partial charge in [0.25, 0.3) is 5.91 Å². The van der Waals surface area contributed by atoms with E-state index in [9.17, 15) is 15.0 Å². The number of anilines is 1. The average Bonchev–Trinajstić information content (AvgIpc) is 2.79. The van der Waals surface area contributed by atoms with Gasteiger partial charge in [-0.15, -0.1) is 0 Å². The Morgan fingerprint density at radius 1 is 1.00 bits per heavy atom. The van der Waals surface area contributed by atoms with E-state index < -0.39 is 5.91 Å². The highest BCUT2D eigenvalue weighted by molar-refractivity contribution is 6.30. The van der Waals surface area contributed by atoms with Crippen LogP contribution in [0.15, 0.2) is 85.2 Å². The van der Waals surface area contributed by atoms with Crippen LogP contribution in [0, 0.1) is 6.92 Å². The Kier molecular flexibility index (Phi) is 6.10. The zero-order valence-electron chi connectivity index (χ0n) is 17.4. The first kappa shape index (κ1) is 21.4. The number of hydrogen-bond acceptors (Lipinski definition) is 4. The van der Waals surface area contributed by atoms with E-state index in [1.54, 1.807) is 23.4 Å². The van der Waals surface area contributed by atoms with Gasteiger partial charge in [0, 0.05) is 29.2 Å². The highest BCUT2D eigenvalue weighted by atomic mass is 35.5. The molecule has 0 saturated carbocycles. The molecule has 0 saturated heterocycles. The number of phenolic OH excluding ortho intramolecular Hbond substituents is 2. The molecule has 0 atom stereocenters. The summed E-state index contributed by atoms with van der Waals surface area (Å²) in [6, 6.07) is 21.0. The van der Waals surface area contributed by atoms with Crippen LogP contribution in [-0.4, -0.2) is 21.1 Å². The summed E-state index contributed by atoms with van der Waals surface area (Å²) in [6.45, 7) is 2.29. The molecular formula is C26H21ClN2O3. The molecule has 1 heterocycles. The van der Waals surface area contributed by atoms with Crippen molar-refractivity contribution in [2.45, 2.75) is 13.5 Å². The van der Waals surface area contributed by atoms with Gasteiger partial charge < -0.3 is 15.1 Å². The number of carbonyl (C=O) groups excluding carboxylic acids is 1. The predicted molar refractivity (Wildman–Crippen MR) is 126 cm³/mol. The summed E-state index contributed by atoms with van der Waals surface area (Å²) in [4.78, 5) is 19.1. The van der Waals surface area contributed by atoms with E-state index in [0.717, 1.165) is 28.3 Å². The number of rotatable bonds is 5. The zero-order valence-corrected chi connectivity index (χ0v) is 18.1. The summed E-state index contributed by atoms with van der Waals surface area (Å²) in [5.74, 6) is -0.783. The Hall–Kier alpha value is -3.83. The Balaban J connectivity index is 1.72. The first-order valence-corrected chi connectivity index (χ1v) is 10.4. The third-order valence-electron chi connectivity index (χ3n) is 5.21. The van der Waals surface area contributed by atoms with Gasteiger partial charge in [-0.1, -0.05) is 35.9 Å². The van der Waals surface area contributed by atoms with Gasteiger partial charge in [0.2, 0.25) is 0 Å². The van der Waals surface area contributed by atoms with Crippen molar-refractivity contribution >= 4 is 23.2 Å². The van der Waals surface area contributed by atoms with E-state index in [0.29, 0.717) is 10.7 Å². The number of aromatic nitrogens is 1. The molecule has 1 aromatic heterocycles. The molecule has 0 aliphatic heterocycles. The molecule has 0 unspecified atom stereocenters. The van der Waals surface area contributed by atoms with Crippen LogP contribution in [0.25, 0.3) is 11.1 Å². The van der Waals surface area contributed by atoms with Crippen LogP contribution >= 0.6 is 11.6 Å². The summed E-state index contributed by atoms with van der Waals surface area (Å²) in [6.07, 6.45) is 3.37. The van der Waals surface area contributed by atoms with Crippen molar-refractivity contribution < 1.29 is 15.0 Å². The molecule has 2 N–H and O–H groups in total. The molecule has 6 heteroatoms. The van der Waals surface area contributed by atoms with Crippen LogP contribution in [0.2, 0.25) is 5.02 Å². The second-order valence-electron chi connectivity index (χ2n) is 7.46. The third-order valence-corrected chi connectivity index (χ3v) is 5.45. The molecule has 3 aromatic carbocycles. The molecule has 4 rings (SSSR count). The molecule has 0 fully saturated rings. The fourth-order valence-corrected chi connectivity index (χ4v) is 3.70. The standard InChI is InChI=1S/C26H21ClN2O3/c1-17-4-7-20(27)13-24(17)19-5-8-21(9-6-19)29(16-18-3-2-12-28-15-18)26(32)23-11-10-22(30)14-25(23)31/h2-15,30-31H,16H2,1H3. The van der Waals surface area contributed by atoms with E-state index in [2.05, 4.69) is 4.98 Å². The highest BCUT2D eigenvalue weighted by Crippen LogP contribution is 2.31. The number of nitrogens with zero attached hydrogens (tertiary/aromatic N) is 2. The smallest absolute Gasteiger partial charge is 0.262 e. The molecule has 4 aromatic rings. The van der Waals surface area contributed by atoms with Crippen LogP contribution in [0.4, 0.5) is 5.69 Å². The SMILES string of the molecule is Cc1ccc(Cl)cc1-c1ccc(N(Cc2cccnc2)C(=O)c2ccc(O)cc2O)cc1. The highest BCUT2D eigenvalue weighted by Gasteiger charge is 2.22. The number of phenols is 2. The monoisotopic (exact) mass is 444 g/mol. The maximum atomic E-state index is 13.4. The van der Waals surface area contributed by atoms with Crippen LogP contribution in [0.3, 0.4) is 0 Å². The van der Waals surface area contributed by atoms with Gasteiger partial charge in [-0.2, -0.15) is 0 Å². The summed E-state index contributed by atoms with van der Waals surface area (Å²) in [7, 11) is 0. The van der Waals surface area contributed by atoms with Gasteiger partial charge in [0.15, 0.2) is 0 Å². The van der Waals surface area contributed by atoms with Crippen molar-refractivity contribution in [3.8, 4) is 22.6 Å². The summed E-state index contributed by atoms with van der Waals surface area (Å²) in [5, 5.41) is 20.5. The van der Waals surface area contributed by atoms with Gasteiger partial charge >= 0.3 is 0 Å². The Morgan fingerprint density at radius 2 is 1.78 bits per heavy atom. The lowest BCUT2D eigenvalue weighted by Gasteiger charge is -2.24. The van der Waals surface area contributed by atoms with Crippen molar-refractivity contribution in [3.63, 3.8) is 0 Å². The van der Waals surface area contributed by atoms with E-state index in [1.807, 2.05) is 55.5 Å². The topological polar surface area (TPSA) is 73.7 Å². The molecule has 0 radical (unpaired) electrons. The molecular weight excluding hydrogens is 424 g/mol. The fraction of sp³-hybridized carbons (Fsp3) is 0.0769. The van der Waals surface area contributed by atoms with Crippen LogP contribution < -0.4 is 4.90 Å². The maximum Gasteiger partial charge on any atom is 0.262 e. The minimum atomic E-state index is -0.391. The minimum absolute atomic E-state index is 0.0986. The van der Waals surface area contributed by atoms with Gasteiger partial charge in [0.1, 0.15) is 11.5 Å². The molecule has 0 bridgehead atoms. The zero-order chi connectivity index (χ0) is 22.7. The van der Waals surface area contributed by atoms with Crippen molar-refractivity contribution in [1.82, 2.24) is 4.98 Å². The van der Waals surface area contributed by atoms with E-state index in [-0.39, 0.29) is 23.6 Å². The Bertz CT molecular complexity index is 1260. The number of aryl methyl sites for hydroxylation is 1. The van der Waals surface area contributed by atoms with Gasteiger partial charge in [0.05, 0.1) is 12.1 Å². The molecule has 5 nitrogen and oxygen atoms in total. The van der Waals surface area contributed by atoms with E-state index >= 15 is 0 Å². The summed E-state index contributed by atoms with van der Waals surface area (Å²) < 4.78 is 0. The number of aromatic hydroxyl groups is 2. The third kappa shape index (κ3) is 4.58. The number of carbonyl (C=O) groups is 1.